The van der Waals surface area contributed by atoms with Crippen LogP contribution in [0.1, 0.15) is 25.7 Å². The molecule has 3 nitrogen and oxygen atoms in total. The van der Waals surface area contributed by atoms with Crippen LogP contribution in [0.3, 0.4) is 0 Å². The maximum Gasteiger partial charge on any atom is 0.0613 e. The molecule has 0 heterocycles. The lowest BCUT2D eigenvalue weighted by atomic mass is 9.79. The Kier molecular flexibility index (Phi) is 3.71. The highest BCUT2D eigenvalue weighted by molar-refractivity contribution is 4.94. The second-order valence-corrected chi connectivity index (χ2v) is 4.40. The molecule has 0 amide bonds. The lowest BCUT2D eigenvalue weighted by Gasteiger charge is -2.41. The zero-order chi connectivity index (χ0) is 9.90. The Morgan fingerprint density at radius 3 is 2.69 bits per heavy atom. The first-order valence-electron chi connectivity index (χ1n) is 5.10. The van der Waals surface area contributed by atoms with E-state index in [0.717, 1.165) is 12.8 Å². The van der Waals surface area contributed by atoms with Gasteiger partial charge in [0.25, 0.3) is 0 Å². The van der Waals surface area contributed by atoms with E-state index in [2.05, 4.69) is 24.3 Å². The lowest BCUT2D eigenvalue weighted by Crippen LogP contribution is -2.53. The van der Waals surface area contributed by atoms with Crippen molar-refractivity contribution in [1.29, 1.82) is 0 Å². The van der Waals surface area contributed by atoms with Crippen molar-refractivity contribution in [1.82, 2.24) is 10.2 Å². The Balaban J connectivity index is 2.58. The molecule has 3 heteroatoms. The summed E-state index contributed by atoms with van der Waals surface area (Å²) in [6.45, 7) is 0.258. The lowest BCUT2D eigenvalue weighted by molar-refractivity contribution is 0.0838. The first-order chi connectivity index (χ1) is 6.13. The number of nitrogens with one attached hydrogen (secondary N) is 1. The van der Waals surface area contributed by atoms with E-state index in [-0.39, 0.29) is 12.1 Å². The Hall–Kier alpha value is -0.120. The summed E-state index contributed by atoms with van der Waals surface area (Å²) in [5.74, 6) is 0. The summed E-state index contributed by atoms with van der Waals surface area (Å²) in [6, 6.07) is 0.619. The summed E-state index contributed by atoms with van der Waals surface area (Å²) < 4.78 is 0. The minimum absolute atomic E-state index is 0.0206. The molecule has 0 saturated heterocycles. The van der Waals surface area contributed by atoms with Gasteiger partial charge < -0.3 is 15.3 Å². The predicted octanol–water partition coefficient (Wildman–Crippen LogP) is 0.441. The minimum Gasteiger partial charge on any atom is -0.394 e. The van der Waals surface area contributed by atoms with E-state index in [1.807, 2.05) is 7.05 Å². The Morgan fingerprint density at radius 1 is 1.54 bits per heavy atom. The minimum atomic E-state index is -0.0206. The molecule has 13 heavy (non-hydrogen) atoms. The number of hydrogen-bond acceptors (Lipinski definition) is 3. The summed E-state index contributed by atoms with van der Waals surface area (Å²) in [5, 5.41) is 12.6. The number of likely N-dealkylation sites (N-methyl/N-ethyl adjacent to an activating group) is 1. The highest BCUT2D eigenvalue weighted by Gasteiger charge is 2.34. The number of rotatable bonds is 3. The van der Waals surface area contributed by atoms with Crippen molar-refractivity contribution in [2.75, 3.05) is 27.7 Å². The smallest absolute Gasteiger partial charge is 0.0613 e. The first-order valence-corrected chi connectivity index (χ1v) is 5.10. The van der Waals surface area contributed by atoms with Crippen LogP contribution < -0.4 is 5.32 Å². The Labute approximate surface area is 81.1 Å². The van der Waals surface area contributed by atoms with Crippen molar-refractivity contribution >= 4 is 0 Å². The van der Waals surface area contributed by atoms with E-state index in [1.54, 1.807) is 0 Å². The molecule has 1 saturated carbocycles. The van der Waals surface area contributed by atoms with Gasteiger partial charge in [0.1, 0.15) is 0 Å². The van der Waals surface area contributed by atoms with Gasteiger partial charge in [0, 0.05) is 11.6 Å². The maximum absolute atomic E-state index is 9.36. The summed E-state index contributed by atoms with van der Waals surface area (Å²) in [7, 11) is 6.19. The first kappa shape index (κ1) is 11.0. The second kappa shape index (κ2) is 4.40. The molecule has 0 aromatic heterocycles. The molecule has 1 rings (SSSR count). The highest BCUT2D eigenvalue weighted by atomic mass is 16.3. The number of aliphatic hydroxyl groups is 1. The van der Waals surface area contributed by atoms with Crippen LogP contribution in [-0.4, -0.2) is 49.3 Å². The monoisotopic (exact) mass is 186 g/mol. The van der Waals surface area contributed by atoms with Crippen LogP contribution in [0, 0.1) is 0 Å². The summed E-state index contributed by atoms with van der Waals surface area (Å²) in [6.07, 6.45) is 4.64. The second-order valence-electron chi connectivity index (χ2n) is 4.40. The molecular formula is C10H22N2O. The van der Waals surface area contributed by atoms with Crippen LogP contribution in [0.4, 0.5) is 0 Å². The summed E-state index contributed by atoms with van der Waals surface area (Å²) in [5.41, 5.74) is -0.0206. The van der Waals surface area contributed by atoms with Crippen molar-refractivity contribution in [3.05, 3.63) is 0 Å². The van der Waals surface area contributed by atoms with Crippen LogP contribution in [0.25, 0.3) is 0 Å². The van der Waals surface area contributed by atoms with Gasteiger partial charge in [-0.25, -0.2) is 0 Å². The van der Waals surface area contributed by atoms with Gasteiger partial charge in [-0.2, -0.15) is 0 Å². The van der Waals surface area contributed by atoms with Crippen molar-refractivity contribution in [3.63, 3.8) is 0 Å². The molecule has 0 aliphatic heterocycles. The van der Waals surface area contributed by atoms with Gasteiger partial charge in [0.05, 0.1) is 6.61 Å². The zero-order valence-electron chi connectivity index (χ0n) is 9.01. The quantitative estimate of drug-likeness (QED) is 0.671. The third kappa shape index (κ3) is 2.42. The predicted molar refractivity (Wildman–Crippen MR) is 54.8 cm³/mol. The highest BCUT2D eigenvalue weighted by Crippen LogP contribution is 2.29. The SMILES string of the molecule is CNC1(CO)CCCC(N(C)C)C1. The molecule has 1 aliphatic carbocycles. The molecule has 2 N–H and O–H groups in total. The molecule has 2 atom stereocenters. The molecule has 78 valence electrons. The van der Waals surface area contributed by atoms with Crippen LogP contribution >= 0.6 is 0 Å². The standard InChI is InChI=1S/C10H22N2O/c1-11-10(8-13)6-4-5-9(7-10)12(2)3/h9,11,13H,4-8H2,1-3H3. The van der Waals surface area contributed by atoms with Crippen molar-refractivity contribution in [2.45, 2.75) is 37.3 Å². The van der Waals surface area contributed by atoms with E-state index < -0.39 is 0 Å². The van der Waals surface area contributed by atoms with Gasteiger partial charge in [-0.3, -0.25) is 0 Å². The van der Waals surface area contributed by atoms with Crippen molar-refractivity contribution < 1.29 is 5.11 Å². The maximum atomic E-state index is 9.36. The van der Waals surface area contributed by atoms with Gasteiger partial charge in [-0.05, 0) is 46.8 Å². The fourth-order valence-electron chi connectivity index (χ4n) is 2.22. The summed E-state index contributed by atoms with van der Waals surface area (Å²) in [4.78, 5) is 2.26. The third-order valence-electron chi connectivity index (χ3n) is 3.38. The normalized spacial score (nSPS) is 35.3. The molecule has 1 aliphatic rings. The summed E-state index contributed by atoms with van der Waals surface area (Å²) >= 11 is 0. The average molecular weight is 186 g/mol. The van der Waals surface area contributed by atoms with E-state index in [4.69, 9.17) is 0 Å². The topological polar surface area (TPSA) is 35.5 Å². The van der Waals surface area contributed by atoms with E-state index >= 15 is 0 Å². The number of hydrogen-bond donors (Lipinski definition) is 2. The van der Waals surface area contributed by atoms with Gasteiger partial charge in [-0.1, -0.05) is 0 Å². The van der Waals surface area contributed by atoms with Crippen molar-refractivity contribution in [2.24, 2.45) is 0 Å². The molecule has 0 spiro atoms. The number of aliphatic hydroxyl groups excluding tert-OH is 1. The van der Waals surface area contributed by atoms with E-state index in [0.29, 0.717) is 6.04 Å². The van der Waals surface area contributed by atoms with E-state index in [1.165, 1.54) is 12.8 Å². The molecule has 0 bridgehead atoms. The third-order valence-corrected chi connectivity index (χ3v) is 3.38. The molecule has 0 aromatic rings. The molecule has 1 fully saturated rings. The van der Waals surface area contributed by atoms with Crippen LogP contribution in [0.5, 0.6) is 0 Å². The van der Waals surface area contributed by atoms with Gasteiger partial charge >= 0.3 is 0 Å². The molecule has 0 aromatic carbocycles. The molecule has 2 unspecified atom stereocenters. The van der Waals surface area contributed by atoms with E-state index in [9.17, 15) is 5.11 Å². The van der Waals surface area contributed by atoms with Gasteiger partial charge in [0.15, 0.2) is 0 Å². The largest absolute Gasteiger partial charge is 0.394 e. The number of nitrogens with zero attached hydrogens (tertiary/aromatic N) is 1. The van der Waals surface area contributed by atoms with Crippen LogP contribution in [0.2, 0.25) is 0 Å². The Morgan fingerprint density at radius 2 is 2.23 bits per heavy atom. The fraction of sp³-hybridized carbons (Fsp3) is 1.00. The zero-order valence-corrected chi connectivity index (χ0v) is 9.01. The fourth-order valence-corrected chi connectivity index (χ4v) is 2.22. The van der Waals surface area contributed by atoms with Crippen LogP contribution in [-0.2, 0) is 0 Å². The average Bonchev–Trinajstić information content (AvgIpc) is 2.18. The molecule has 0 radical (unpaired) electrons. The van der Waals surface area contributed by atoms with Gasteiger partial charge in [0.2, 0.25) is 0 Å². The van der Waals surface area contributed by atoms with Crippen LogP contribution in [0.15, 0.2) is 0 Å². The van der Waals surface area contributed by atoms with Gasteiger partial charge in [-0.15, -0.1) is 0 Å². The molecular weight excluding hydrogens is 164 g/mol. The Bertz CT molecular complexity index is 155. The van der Waals surface area contributed by atoms with Crippen molar-refractivity contribution in [3.8, 4) is 0 Å².